The van der Waals surface area contributed by atoms with Crippen molar-refractivity contribution in [2.75, 3.05) is 6.61 Å². The van der Waals surface area contributed by atoms with Crippen LogP contribution in [-0.4, -0.2) is 6.61 Å². The minimum atomic E-state index is 0.634. The highest BCUT2D eigenvalue weighted by atomic mass is 16.5. The van der Waals surface area contributed by atoms with E-state index in [4.69, 9.17) is 4.74 Å². The first-order chi connectivity index (χ1) is 5.83. The average molecular weight is 163 g/mol. The Morgan fingerprint density at radius 3 is 2.67 bits per heavy atom. The second-order valence-corrected chi connectivity index (χ2v) is 3.06. The van der Waals surface area contributed by atoms with Gasteiger partial charge in [0, 0.05) is 0 Å². The lowest BCUT2D eigenvalue weighted by molar-refractivity contribution is 0.256. The molecule has 0 aliphatic heterocycles. The molecule has 1 aromatic rings. The van der Waals surface area contributed by atoms with Crippen molar-refractivity contribution >= 4 is 0 Å². The van der Waals surface area contributed by atoms with Gasteiger partial charge in [0.1, 0.15) is 5.75 Å². The largest absolute Gasteiger partial charge is 0.493 e. The lowest BCUT2D eigenvalue weighted by Gasteiger charge is -2.10. The van der Waals surface area contributed by atoms with Gasteiger partial charge < -0.3 is 4.74 Å². The Morgan fingerprint density at radius 1 is 1.42 bits per heavy atom. The van der Waals surface area contributed by atoms with E-state index in [0.717, 1.165) is 12.4 Å². The smallest absolute Gasteiger partial charge is 0.119 e. The normalized spacial score (nSPS) is 12.5. The molecule has 1 rings (SSSR count). The Bertz CT molecular complexity index is 206. The van der Waals surface area contributed by atoms with Crippen molar-refractivity contribution in [3.05, 3.63) is 30.3 Å². The summed E-state index contributed by atoms with van der Waals surface area (Å²) < 4.78 is 5.54. The quantitative estimate of drug-likeness (QED) is 0.663. The van der Waals surface area contributed by atoms with E-state index in [1.54, 1.807) is 0 Å². The van der Waals surface area contributed by atoms with Crippen molar-refractivity contribution in [3.8, 4) is 5.75 Å². The summed E-state index contributed by atoms with van der Waals surface area (Å²) in [7, 11) is 0. The van der Waals surface area contributed by atoms with Crippen LogP contribution in [-0.2, 0) is 0 Å². The van der Waals surface area contributed by atoms with Crippen molar-refractivity contribution in [2.45, 2.75) is 20.3 Å². The second-order valence-electron chi connectivity index (χ2n) is 3.06. The average Bonchev–Trinajstić information content (AvgIpc) is 2.16. The van der Waals surface area contributed by atoms with Crippen molar-refractivity contribution in [2.24, 2.45) is 5.92 Å². The van der Waals surface area contributed by atoms with Gasteiger partial charge in [-0.05, 0) is 24.1 Å². The van der Waals surface area contributed by atoms with Crippen LogP contribution >= 0.6 is 0 Å². The zero-order valence-corrected chi connectivity index (χ0v) is 7.71. The summed E-state index contributed by atoms with van der Waals surface area (Å²) in [6, 6.07) is 10.6. The Balaban J connectivity index is 2.33. The van der Waals surface area contributed by atoms with E-state index in [1.165, 1.54) is 6.42 Å². The van der Waals surface area contributed by atoms with Gasteiger partial charge in [0.2, 0.25) is 0 Å². The predicted molar refractivity (Wildman–Crippen MR) is 50.2 cm³/mol. The highest BCUT2D eigenvalue weighted by Crippen LogP contribution is 2.10. The Kier molecular flexibility index (Phi) is 3.65. The second kappa shape index (κ2) is 4.81. The maximum absolute atomic E-state index is 5.54. The Morgan fingerprint density at radius 2 is 2.08 bits per heavy atom. The molecule has 0 aliphatic carbocycles. The summed E-state index contributed by atoms with van der Waals surface area (Å²) in [5.74, 6) is 1.57. The molecular weight excluding hydrogens is 148 g/mol. The molecule has 0 bridgehead atoms. The summed E-state index contributed by atoms with van der Waals surface area (Å²) in [4.78, 5) is 0. The maximum Gasteiger partial charge on any atom is 0.119 e. The van der Waals surface area contributed by atoms with Gasteiger partial charge in [-0.3, -0.25) is 0 Å². The van der Waals surface area contributed by atoms with Crippen LogP contribution in [0.4, 0.5) is 0 Å². The molecule has 0 spiro atoms. The molecule has 0 aliphatic rings. The van der Waals surface area contributed by atoms with Crippen molar-refractivity contribution < 1.29 is 4.74 Å². The van der Waals surface area contributed by atoms with E-state index in [9.17, 15) is 0 Å². The molecule has 1 nitrogen and oxygen atoms in total. The van der Waals surface area contributed by atoms with E-state index in [1.807, 2.05) is 24.3 Å². The van der Waals surface area contributed by atoms with Crippen LogP contribution in [0.15, 0.2) is 24.3 Å². The van der Waals surface area contributed by atoms with E-state index in [-0.39, 0.29) is 0 Å². The molecule has 1 aromatic carbocycles. The fourth-order valence-corrected chi connectivity index (χ4v) is 0.824. The molecule has 65 valence electrons. The third-order valence-electron chi connectivity index (χ3n) is 1.92. The fraction of sp³-hybridized carbons (Fsp3) is 0.455. The van der Waals surface area contributed by atoms with Crippen molar-refractivity contribution in [3.63, 3.8) is 0 Å². The van der Waals surface area contributed by atoms with Gasteiger partial charge in [-0.15, -0.1) is 0 Å². The molecule has 0 fully saturated rings. The van der Waals surface area contributed by atoms with Gasteiger partial charge in [-0.2, -0.15) is 0 Å². The first-order valence-electron chi connectivity index (χ1n) is 4.42. The molecular formula is C11H15O. The first-order valence-corrected chi connectivity index (χ1v) is 4.42. The lowest BCUT2D eigenvalue weighted by atomic mass is 10.1. The van der Waals surface area contributed by atoms with E-state index in [0.29, 0.717) is 5.92 Å². The summed E-state index contributed by atoms with van der Waals surface area (Å²) in [6.45, 7) is 5.17. The number of hydrogen-bond acceptors (Lipinski definition) is 1. The summed E-state index contributed by atoms with van der Waals surface area (Å²) in [5, 5.41) is 0. The van der Waals surface area contributed by atoms with Crippen LogP contribution in [0.3, 0.4) is 0 Å². The summed E-state index contributed by atoms with van der Waals surface area (Å²) >= 11 is 0. The van der Waals surface area contributed by atoms with E-state index < -0.39 is 0 Å². The highest BCUT2D eigenvalue weighted by Gasteiger charge is 1.98. The van der Waals surface area contributed by atoms with Crippen LogP contribution in [0.1, 0.15) is 20.3 Å². The van der Waals surface area contributed by atoms with Crippen LogP contribution in [0.25, 0.3) is 0 Å². The monoisotopic (exact) mass is 163 g/mol. The van der Waals surface area contributed by atoms with Crippen LogP contribution < -0.4 is 4.74 Å². The molecule has 0 saturated heterocycles. The molecule has 0 amide bonds. The minimum Gasteiger partial charge on any atom is -0.493 e. The van der Waals surface area contributed by atoms with Crippen LogP contribution in [0.5, 0.6) is 5.75 Å². The van der Waals surface area contributed by atoms with E-state index in [2.05, 4.69) is 19.9 Å². The number of rotatable bonds is 4. The first kappa shape index (κ1) is 9.11. The van der Waals surface area contributed by atoms with Crippen molar-refractivity contribution in [1.82, 2.24) is 0 Å². The molecule has 1 unspecified atom stereocenters. The van der Waals surface area contributed by atoms with Gasteiger partial charge in [0.05, 0.1) is 6.61 Å². The zero-order valence-electron chi connectivity index (χ0n) is 7.71. The Hall–Kier alpha value is -0.980. The molecule has 1 atom stereocenters. The summed E-state index contributed by atoms with van der Waals surface area (Å²) in [6.07, 6.45) is 1.17. The highest BCUT2D eigenvalue weighted by molar-refractivity contribution is 5.20. The minimum absolute atomic E-state index is 0.634. The SMILES string of the molecule is CCC(C)COc1cc[c]cc1. The zero-order chi connectivity index (χ0) is 8.81. The fourth-order valence-electron chi connectivity index (χ4n) is 0.824. The molecule has 1 radical (unpaired) electrons. The van der Waals surface area contributed by atoms with Crippen molar-refractivity contribution in [1.29, 1.82) is 0 Å². The maximum atomic E-state index is 5.54. The molecule has 12 heavy (non-hydrogen) atoms. The lowest BCUT2D eigenvalue weighted by Crippen LogP contribution is -2.06. The number of benzene rings is 1. The third-order valence-corrected chi connectivity index (χ3v) is 1.92. The standard InChI is InChI=1S/C11H15O/c1-3-10(2)9-12-11-7-5-4-6-8-11/h5-8,10H,3,9H2,1-2H3. The van der Waals surface area contributed by atoms with Gasteiger partial charge in [0.15, 0.2) is 0 Å². The molecule has 0 aromatic heterocycles. The molecule has 1 heteroatoms. The number of hydrogen-bond donors (Lipinski definition) is 0. The molecule has 0 heterocycles. The van der Waals surface area contributed by atoms with Gasteiger partial charge in [-0.25, -0.2) is 0 Å². The van der Waals surface area contributed by atoms with Gasteiger partial charge in [-0.1, -0.05) is 32.4 Å². The molecule has 0 saturated carbocycles. The molecule has 0 N–H and O–H groups in total. The Labute approximate surface area is 74.4 Å². The van der Waals surface area contributed by atoms with E-state index >= 15 is 0 Å². The van der Waals surface area contributed by atoms with Gasteiger partial charge >= 0.3 is 0 Å². The number of ether oxygens (including phenoxy) is 1. The summed E-state index contributed by atoms with van der Waals surface area (Å²) in [5.41, 5.74) is 0. The topological polar surface area (TPSA) is 9.23 Å². The van der Waals surface area contributed by atoms with Gasteiger partial charge in [0.25, 0.3) is 0 Å². The third kappa shape index (κ3) is 2.95. The van der Waals surface area contributed by atoms with Crippen LogP contribution in [0, 0.1) is 12.0 Å². The van der Waals surface area contributed by atoms with Crippen LogP contribution in [0.2, 0.25) is 0 Å². The predicted octanol–water partition coefficient (Wildman–Crippen LogP) is 2.91.